The van der Waals surface area contributed by atoms with E-state index in [0.717, 1.165) is 24.8 Å². The number of amides is 1. The lowest BCUT2D eigenvalue weighted by molar-refractivity contribution is 0.252. The molecule has 0 saturated heterocycles. The molecule has 0 N–H and O–H groups in total. The van der Waals surface area contributed by atoms with E-state index in [1.807, 2.05) is 6.07 Å². The summed E-state index contributed by atoms with van der Waals surface area (Å²) >= 11 is 6.98. The summed E-state index contributed by atoms with van der Waals surface area (Å²) < 4.78 is 1.95. The SMILES string of the molecule is Cc1cc(=O)n(C(=O)N(Cl)c2ccccc2)s1. The standard InChI is InChI=1S/C11H9ClN2O2S/c1-8-7-10(15)14(17-8)11(16)13(12)9-5-3-2-4-6-9/h2-7H,1H3. The van der Waals surface area contributed by atoms with Crippen LogP contribution >= 0.6 is 23.3 Å². The third-order valence-electron chi connectivity index (χ3n) is 2.09. The average molecular weight is 269 g/mol. The number of aryl methyl sites for hydroxylation is 1. The van der Waals surface area contributed by atoms with Gasteiger partial charge in [-0.25, -0.2) is 9.21 Å². The van der Waals surface area contributed by atoms with Gasteiger partial charge in [-0.3, -0.25) is 4.79 Å². The highest BCUT2D eigenvalue weighted by atomic mass is 35.5. The zero-order valence-corrected chi connectivity index (χ0v) is 10.5. The third kappa shape index (κ3) is 2.40. The van der Waals surface area contributed by atoms with Crippen LogP contribution in [0.1, 0.15) is 4.88 Å². The minimum atomic E-state index is -0.569. The van der Waals surface area contributed by atoms with Gasteiger partial charge in [-0.15, -0.1) is 0 Å². The maximum Gasteiger partial charge on any atom is 0.360 e. The van der Waals surface area contributed by atoms with E-state index in [1.54, 1.807) is 31.2 Å². The molecule has 88 valence electrons. The molecule has 1 aromatic heterocycles. The zero-order valence-electron chi connectivity index (χ0n) is 8.96. The molecule has 1 heterocycles. The van der Waals surface area contributed by atoms with Gasteiger partial charge in [-0.1, -0.05) is 29.7 Å². The summed E-state index contributed by atoms with van der Waals surface area (Å²) in [6, 6.07) is 9.56. The Labute approximate surface area is 107 Å². The molecule has 4 nitrogen and oxygen atoms in total. The van der Waals surface area contributed by atoms with Gasteiger partial charge in [0.2, 0.25) is 0 Å². The van der Waals surface area contributed by atoms with Gasteiger partial charge in [0.25, 0.3) is 5.56 Å². The van der Waals surface area contributed by atoms with Crippen molar-refractivity contribution in [1.29, 1.82) is 0 Å². The van der Waals surface area contributed by atoms with Crippen molar-refractivity contribution in [2.45, 2.75) is 6.92 Å². The van der Waals surface area contributed by atoms with E-state index in [-0.39, 0.29) is 5.56 Å². The first-order valence-electron chi connectivity index (χ1n) is 4.85. The van der Waals surface area contributed by atoms with Gasteiger partial charge in [-0.2, -0.15) is 3.96 Å². The third-order valence-corrected chi connectivity index (χ3v) is 3.35. The smallest absolute Gasteiger partial charge is 0.268 e. The molecule has 17 heavy (non-hydrogen) atoms. The number of halogens is 1. The van der Waals surface area contributed by atoms with Gasteiger partial charge in [0.15, 0.2) is 0 Å². The van der Waals surface area contributed by atoms with E-state index in [0.29, 0.717) is 5.69 Å². The Hall–Kier alpha value is -1.59. The fraction of sp³-hybridized carbons (Fsp3) is 0.0909. The lowest BCUT2D eigenvalue weighted by Gasteiger charge is -2.12. The van der Waals surface area contributed by atoms with Crippen LogP contribution in [0.2, 0.25) is 0 Å². The van der Waals surface area contributed by atoms with Crippen LogP contribution < -0.4 is 9.98 Å². The van der Waals surface area contributed by atoms with Crippen molar-refractivity contribution >= 4 is 35.0 Å². The van der Waals surface area contributed by atoms with E-state index in [1.165, 1.54) is 6.07 Å². The number of hydrogen-bond donors (Lipinski definition) is 0. The molecule has 0 unspecified atom stereocenters. The Kier molecular flexibility index (Phi) is 3.31. The minimum absolute atomic E-state index is 0.362. The van der Waals surface area contributed by atoms with E-state index in [2.05, 4.69) is 0 Å². The first kappa shape index (κ1) is 11.9. The van der Waals surface area contributed by atoms with Crippen molar-refractivity contribution in [2.24, 2.45) is 0 Å². The summed E-state index contributed by atoms with van der Waals surface area (Å²) in [5.74, 6) is 0. The minimum Gasteiger partial charge on any atom is -0.268 e. The molecular formula is C11H9ClN2O2S. The molecule has 0 aliphatic heterocycles. The maximum atomic E-state index is 11.9. The van der Waals surface area contributed by atoms with Crippen LogP contribution in [-0.2, 0) is 0 Å². The fourth-order valence-electron chi connectivity index (χ4n) is 1.33. The molecule has 0 radical (unpaired) electrons. The zero-order chi connectivity index (χ0) is 12.4. The van der Waals surface area contributed by atoms with Crippen LogP contribution in [0.15, 0.2) is 41.2 Å². The van der Waals surface area contributed by atoms with Gasteiger partial charge < -0.3 is 0 Å². The molecule has 0 spiro atoms. The highest BCUT2D eigenvalue weighted by Gasteiger charge is 2.18. The highest BCUT2D eigenvalue weighted by Crippen LogP contribution is 2.17. The van der Waals surface area contributed by atoms with Gasteiger partial charge in [0.05, 0.1) is 5.69 Å². The van der Waals surface area contributed by atoms with Crippen molar-refractivity contribution < 1.29 is 4.79 Å². The van der Waals surface area contributed by atoms with Crippen molar-refractivity contribution in [3.63, 3.8) is 0 Å². The normalized spacial score (nSPS) is 10.2. The van der Waals surface area contributed by atoms with E-state index in [9.17, 15) is 9.59 Å². The van der Waals surface area contributed by atoms with Crippen LogP contribution in [0, 0.1) is 6.92 Å². The van der Waals surface area contributed by atoms with Crippen LogP contribution in [-0.4, -0.2) is 9.99 Å². The van der Waals surface area contributed by atoms with Crippen LogP contribution in [0.25, 0.3) is 0 Å². The number of nitrogens with zero attached hydrogens (tertiary/aromatic N) is 2. The summed E-state index contributed by atoms with van der Waals surface area (Å²) in [6.45, 7) is 1.76. The molecular weight excluding hydrogens is 260 g/mol. The molecule has 0 saturated carbocycles. The number of hydrogen-bond acceptors (Lipinski definition) is 3. The number of anilines is 1. The number of carbonyl (C=O) groups is 1. The fourth-order valence-corrected chi connectivity index (χ4v) is 2.31. The lowest BCUT2D eigenvalue weighted by atomic mass is 10.3. The molecule has 1 amide bonds. The predicted molar refractivity (Wildman–Crippen MR) is 68.9 cm³/mol. The Morgan fingerprint density at radius 3 is 2.53 bits per heavy atom. The number of rotatable bonds is 1. The quantitative estimate of drug-likeness (QED) is 0.747. The molecule has 0 aliphatic rings. The number of aromatic nitrogens is 1. The number of benzene rings is 1. The Balaban J connectivity index is 2.33. The molecule has 2 rings (SSSR count). The molecule has 0 fully saturated rings. The summed E-state index contributed by atoms with van der Waals surface area (Å²) in [7, 11) is 0. The van der Waals surface area contributed by atoms with Crippen LogP contribution in [0.4, 0.5) is 10.5 Å². The van der Waals surface area contributed by atoms with E-state index in [4.69, 9.17) is 11.8 Å². The summed E-state index contributed by atoms with van der Waals surface area (Å²) in [5.41, 5.74) is 0.163. The van der Waals surface area contributed by atoms with Crippen LogP contribution in [0.5, 0.6) is 0 Å². The second-order valence-electron chi connectivity index (χ2n) is 3.38. The molecule has 0 aliphatic carbocycles. The van der Waals surface area contributed by atoms with Gasteiger partial charge in [0, 0.05) is 22.7 Å². The molecule has 1 aromatic carbocycles. The Morgan fingerprint density at radius 2 is 2.00 bits per heavy atom. The van der Waals surface area contributed by atoms with Crippen molar-refractivity contribution in [3.05, 3.63) is 51.6 Å². The Bertz CT molecular complexity index is 591. The topological polar surface area (TPSA) is 42.3 Å². The van der Waals surface area contributed by atoms with Crippen molar-refractivity contribution in [2.75, 3.05) is 4.42 Å². The highest BCUT2D eigenvalue weighted by molar-refractivity contribution is 7.07. The first-order valence-corrected chi connectivity index (χ1v) is 5.96. The maximum absolute atomic E-state index is 11.9. The second kappa shape index (κ2) is 4.73. The first-order chi connectivity index (χ1) is 8.09. The second-order valence-corrected chi connectivity index (χ2v) is 4.91. The summed E-state index contributed by atoms with van der Waals surface area (Å²) in [6.07, 6.45) is 0. The van der Waals surface area contributed by atoms with Gasteiger partial charge in [-0.05, 0) is 19.1 Å². The monoisotopic (exact) mass is 268 g/mol. The van der Waals surface area contributed by atoms with Crippen molar-refractivity contribution in [1.82, 2.24) is 3.96 Å². The molecule has 2 aromatic rings. The molecule has 0 atom stereocenters. The Morgan fingerprint density at radius 1 is 1.35 bits per heavy atom. The van der Waals surface area contributed by atoms with E-state index >= 15 is 0 Å². The van der Waals surface area contributed by atoms with E-state index < -0.39 is 6.03 Å². The largest absolute Gasteiger partial charge is 0.360 e. The summed E-state index contributed by atoms with van der Waals surface area (Å²) in [4.78, 5) is 24.2. The molecule has 0 bridgehead atoms. The number of carbonyl (C=O) groups excluding carboxylic acids is 1. The predicted octanol–water partition coefficient (Wildman–Crippen LogP) is 2.85. The van der Waals surface area contributed by atoms with Gasteiger partial charge >= 0.3 is 6.03 Å². The lowest BCUT2D eigenvalue weighted by Crippen LogP contribution is -2.31. The molecule has 6 heteroatoms. The van der Waals surface area contributed by atoms with Gasteiger partial charge in [0.1, 0.15) is 0 Å². The van der Waals surface area contributed by atoms with Crippen molar-refractivity contribution in [3.8, 4) is 0 Å². The summed E-state index contributed by atoms with van der Waals surface area (Å²) in [5, 5.41) is 0. The van der Waals surface area contributed by atoms with Crippen LogP contribution in [0.3, 0.4) is 0 Å². The average Bonchev–Trinajstić information content (AvgIpc) is 2.68. The number of para-hydroxylation sites is 1.